The highest BCUT2D eigenvalue weighted by molar-refractivity contribution is 6.29. The zero-order chi connectivity index (χ0) is 8.97. The second-order valence-corrected chi connectivity index (χ2v) is 2.98. The highest BCUT2D eigenvalue weighted by Crippen LogP contribution is 2.12. The number of nitrogens with one attached hydrogen (secondary N) is 1. The van der Waals surface area contributed by atoms with Gasteiger partial charge in [0.05, 0.1) is 6.61 Å². The van der Waals surface area contributed by atoms with Crippen molar-refractivity contribution in [3.05, 3.63) is 23.5 Å². The van der Waals surface area contributed by atoms with Gasteiger partial charge in [-0.1, -0.05) is 11.6 Å². The molecule has 1 rings (SSSR count). The Morgan fingerprint density at radius 3 is 3.08 bits per heavy atom. The molecule has 0 aliphatic carbocycles. The van der Waals surface area contributed by atoms with Crippen LogP contribution in [-0.2, 0) is 0 Å². The van der Waals surface area contributed by atoms with Crippen LogP contribution in [0.5, 0.6) is 0 Å². The van der Waals surface area contributed by atoms with Gasteiger partial charge in [0.25, 0.3) is 0 Å². The summed E-state index contributed by atoms with van der Waals surface area (Å²) in [5, 5.41) is 12.3. The van der Waals surface area contributed by atoms with Gasteiger partial charge in [-0.3, -0.25) is 0 Å². The van der Waals surface area contributed by atoms with E-state index in [0.717, 1.165) is 5.69 Å². The molecule has 1 atom stereocenters. The lowest BCUT2D eigenvalue weighted by Crippen LogP contribution is -2.19. The maximum atomic E-state index is 8.75. The van der Waals surface area contributed by atoms with Gasteiger partial charge < -0.3 is 10.4 Å². The number of aliphatic hydroxyl groups excluding tert-OH is 1. The number of aliphatic hydroxyl groups is 1. The van der Waals surface area contributed by atoms with E-state index < -0.39 is 0 Å². The molecule has 1 aromatic rings. The molecule has 0 spiro atoms. The topological polar surface area (TPSA) is 45.1 Å². The fourth-order valence-electron chi connectivity index (χ4n) is 0.822. The number of hydrogen-bond donors (Lipinski definition) is 2. The second kappa shape index (κ2) is 4.28. The quantitative estimate of drug-likeness (QED) is 0.704. The van der Waals surface area contributed by atoms with Crippen molar-refractivity contribution < 1.29 is 5.11 Å². The van der Waals surface area contributed by atoms with E-state index in [2.05, 4.69) is 10.3 Å². The maximum absolute atomic E-state index is 8.75. The van der Waals surface area contributed by atoms with Gasteiger partial charge in [-0.05, 0) is 19.1 Å². The van der Waals surface area contributed by atoms with E-state index in [0.29, 0.717) is 5.15 Å². The van der Waals surface area contributed by atoms with Crippen LogP contribution in [0.1, 0.15) is 6.92 Å². The lowest BCUT2D eigenvalue weighted by molar-refractivity contribution is 0.281. The van der Waals surface area contributed by atoms with Gasteiger partial charge in [-0.2, -0.15) is 0 Å². The molecule has 4 heteroatoms. The van der Waals surface area contributed by atoms with Gasteiger partial charge in [0.1, 0.15) is 5.15 Å². The van der Waals surface area contributed by atoms with Crippen molar-refractivity contribution >= 4 is 17.3 Å². The summed E-state index contributed by atoms with van der Waals surface area (Å²) < 4.78 is 0. The summed E-state index contributed by atoms with van der Waals surface area (Å²) in [4.78, 5) is 3.84. The Morgan fingerprint density at radius 2 is 2.50 bits per heavy atom. The lowest BCUT2D eigenvalue weighted by Gasteiger charge is -2.11. The zero-order valence-corrected chi connectivity index (χ0v) is 7.54. The van der Waals surface area contributed by atoms with Crippen LogP contribution < -0.4 is 5.32 Å². The third kappa shape index (κ3) is 2.68. The number of anilines is 1. The predicted octanol–water partition coefficient (Wildman–Crippen LogP) is 1.53. The molecular formula is C8H11ClN2O. The number of aromatic nitrogens is 1. The third-order valence-corrected chi connectivity index (χ3v) is 1.62. The number of rotatable bonds is 3. The van der Waals surface area contributed by atoms with E-state index in [1.807, 2.05) is 6.92 Å². The Morgan fingerprint density at radius 1 is 1.75 bits per heavy atom. The molecule has 3 nitrogen and oxygen atoms in total. The monoisotopic (exact) mass is 186 g/mol. The van der Waals surface area contributed by atoms with E-state index in [-0.39, 0.29) is 12.6 Å². The van der Waals surface area contributed by atoms with Gasteiger partial charge in [0.15, 0.2) is 0 Å². The Hall–Kier alpha value is -0.800. The molecule has 0 saturated heterocycles. The van der Waals surface area contributed by atoms with Crippen molar-refractivity contribution in [1.82, 2.24) is 4.98 Å². The number of halogens is 1. The first-order valence-electron chi connectivity index (χ1n) is 3.71. The largest absolute Gasteiger partial charge is 0.394 e. The van der Waals surface area contributed by atoms with Crippen LogP contribution in [0.25, 0.3) is 0 Å². The summed E-state index contributed by atoms with van der Waals surface area (Å²) in [5.41, 5.74) is 0.872. The Labute approximate surface area is 76.4 Å². The summed E-state index contributed by atoms with van der Waals surface area (Å²) >= 11 is 5.66. The van der Waals surface area contributed by atoms with Crippen LogP contribution in [-0.4, -0.2) is 22.7 Å². The minimum atomic E-state index is 0.0310. The summed E-state index contributed by atoms with van der Waals surface area (Å²) in [6.07, 6.45) is 1.62. The molecule has 12 heavy (non-hydrogen) atoms. The highest BCUT2D eigenvalue weighted by Gasteiger charge is 1.99. The van der Waals surface area contributed by atoms with E-state index >= 15 is 0 Å². The van der Waals surface area contributed by atoms with Crippen molar-refractivity contribution in [2.24, 2.45) is 0 Å². The summed E-state index contributed by atoms with van der Waals surface area (Å²) in [7, 11) is 0. The van der Waals surface area contributed by atoms with Crippen LogP contribution in [0.3, 0.4) is 0 Å². The van der Waals surface area contributed by atoms with Gasteiger partial charge in [-0.15, -0.1) is 0 Å². The molecule has 0 aliphatic rings. The molecule has 2 N–H and O–H groups in total. The number of hydrogen-bond acceptors (Lipinski definition) is 3. The molecule has 0 aliphatic heterocycles. The average molecular weight is 187 g/mol. The van der Waals surface area contributed by atoms with Crippen molar-refractivity contribution in [3.8, 4) is 0 Å². The molecule has 1 aromatic heterocycles. The normalized spacial score (nSPS) is 12.6. The van der Waals surface area contributed by atoms with Gasteiger partial charge >= 0.3 is 0 Å². The Kier molecular flexibility index (Phi) is 3.31. The van der Waals surface area contributed by atoms with E-state index in [9.17, 15) is 0 Å². The van der Waals surface area contributed by atoms with E-state index in [1.165, 1.54) is 0 Å². The van der Waals surface area contributed by atoms with Gasteiger partial charge in [-0.25, -0.2) is 4.98 Å². The molecule has 0 saturated carbocycles. The van der Waals surface area contributed by atoms with Crippen LogP contribution in [0.2, 0.25) is 5.15 Å². The smallest absolute Gasteiger partial charge is 0.131 e. The fourth-order valence-corrected chi connectivity index (χ4v) is 0.996. The lowest BCUT2D eigenvalue weighted by atomic mass is 10.3. The van der Waals surface area contributed by atoms with Gasteiger partial charge in [0, 0.05) is 17.9 Å². The molecule has 0 bridgehead atoms. The van der Waals surface area contributed by atoms with Crippen molar-refractivity contribution in [3.63, 3.8) is 0 Å². The Bertz CT molecular complexity index is 255. The highest BCUT2D eigenvalue weighted by atomic mass is 35.5. The number of pyridine rings is 1. The predicted molar refractivity (Wildman–Crippen MR) is 49.4 cm³/mol. The molecule has 0 amide bonds. The summed E-state index contributed by atoms with van der Waals surface area (Å²) in [6, 6.07) is 3.55. The molecule has 0 aromatic carbocycles. The molecule has 1 heterocycles. The fraction of sp³-hybridized carbons (Fsp3) is 0.375. The first-order valence-corrected chi connectivity index (χ1v) is 4.09. The third-order valence-electron chi connectivity index (χ3n) is 1.41. The van der Waals surface area contributed by atoms with Crippen LogP contribution in [0.15, 0.2) is 18.3 Å². The summed E-state index contributed by atoms with van der Waals surface area (Å²) in [6.45, 7) is 1.98. The van der Waals surface area contributed by atoms with Crippen LogP contribution >= 0.6 is 11.6 Å². The van der Waals surface area contributed by atoms with Crippen LogP contribution in [0.4, 0.5) is 5.69 Å². The van der Waals surface area contributed by atoms with Crippen molar-refractivity contribution in [2.45, 2.75) is 13.0 Å². The van der Waals surface area contributed by atoms with E-state index in [1.54, 1.807) is 18.3 Å². The second-order valence-electron chi connectivity index (χ2n) is 2.60. The Balaban J connectivity index is 2.63. The zero-order valence-electron chi connectivity index (χ0n) is 6.79. The molecule has 0 fully saturated rings. The molecule has 66 valence electrons. The first kappa shape index (κ1) is 9.29. The summed E-state index contributed by atoms with van der Waals surface area (Å²) in [5.74, 6) is 0. The SMILES string of the molecule is CC(CO)Nc1ccnc(Cl)c1. The number of nitrogens with zero attached hydrogens (tertiary/aromatic N) is 1. The maximum Gasteiger partial charge on any atom is 0.131 e. The van der Waals surface area contributed by atoms with Crippen molar-refractivity contribution in [1.29, 1.82) is 0 Å². The van der Waals surface area contributed by atoms with E-state index in [4.69, 9.17) is 16.7 Å². The minimum absolute atomic E-state index is 0.0310. The average Bonchev–Trinajstić information content (AvgIpc) is 2.04. The molecule has 0 radical (unpaired) electrons. The van der Waals surface area contributed by atoms with Crippen molar-refractivity contribution in [2.75, 3.05) is 11.9 Å². The molecular weight excluding hydrogens is 176 g/mol. The standard InChI is InChI=1S/C8H11ClN2O/c1-6(5-12)11-7-2-3-10-8(9)4-7/h2-4,6,12H,5H2,1H3,(H,10,11). The minimum Gasteiger partial charge on any atom is -0.394 e. The first-order chi connectivity index (χ1) is 5.72. The van der Waals surface area contributed by atoms with Crippen LogP contribution in [0, 0.1) is 0 Å². The van der Waals surface area contributed by atoms with Gasteiger partial charge in [0.2, 0.25) is 0 Å². The molecule has 1 unspecified atom stereocenters.